The number of rotatable bonds is 1. The molecule has 3 nitrogen and oxygen atoms in total. The minimum absolute atomic E-state index is 0.0203. The highest BCUT2D eigenvalue weighted by molar-refractivity contribution is 5.89. The van der Waals surface area contributed by atoms with Crippen LogP contribution in [0.1, 0.15) is 5.56 Å². The van der Waals surface area contributed by atoms with Crippen LogP contribution in [0.4, 0.5) is 0 Å². The van der Waals surface area contributed by atoms with E-state index in [0.29, 0.717) is 11.1 Å². The summed E-state index contributed by atoms with van der Waals surface area (Å²) in [5.41, 5.74) is 1.05. The van der Waals surface area contributed by atoms with E-state index in [4.69, 9.17) is 4.74 Å². The lowest BCUT2D eigenvalue weighted by molar-refractivity contribution is 0.419. The van der Waals surface area contributed by atoms with Crippen LogP contribution >= 0.6 is 0 Å². The van der Waals surface area contributed by atoms with E-state index < -0.39 is 0 Å². The molecule has 0 bridgehead atoms. The van der Waals surface area contributed by atoms with Crippen molar-refractivity contribution in [3.05, 3.63) is 40.3 Å². The summed E-state index contributed by atoms with van der Waals surface area (Å²) in [6, 6.07) is 5.64. The molecule has 0 aliphatic heterocycles. The molecular formula is C12H13NO2. The summed E-state index contributed by atoms with van der Waals surface area (Å²) in [6.45, 7) is 1.99. The fraction of sp³-hybridized carbons (Fsp3) is 0.250. The van der Waals surface area contributed by atoms with E-state index >= 15 is 0 Å². The molecule has 0 amide bonds. The maximum Gasteiger partial charge on any atom is 0.261 e. The molecule has 0 aliphatic rings. The lowest BCUT2D eigenvalue weighted by Crippen LogP contribution is -2.17. The van der Waals surface area contributed by atoms with Crippen LogP contribution < -0.4 is 10.3 Å². The van der Waals surface area contributed by atoms with Gasteiger partial charge in [-0.15, -0.1) is 0 Å². The first-order valence-corrected chi connectivity index (χ1v) is 4.78. The number of nitrogens with zero attached hydrogens (tertiary/aromatic N) is 1. The van der Waals surface area contributed by atoms with Crippen molar-refractivity contribution < 1.29 is 4.74 Å². The third-order valence-electron chi connectivity index (χ3n) is 2.59. The minimum atomic E-state index is -0.0203. The molecule has 78 valence electrons. The molecule has 1 aromatic carbocycles. The zero-order chi connectivity index (χ0) is 11.0. The number of hydrogen-bond acceptors (Lipinski definition) is 2. The second-order valence-corrected chi connectivity index (χ2v) is 3.61. The van der Waals surface area contributed by atoms with Crippen molar-refractivity contribution in [2.75, 3.05) is 7.11 Å². The Kier molecular flexibility index (Phi) is 2.23. The molecule has 0 saturated heterocycles. The lowest BCUT2D eigenvalue weighted by atomic mass is 10.1. The van der Waals surface area contributed by atoms with Crippen molar-refractivity contribution >= 4 is 10.8 Å². The van der Waals surface area contributed by atoms with Gasteiger partial charge in [0.25, 0.3) is 5.56 Å². The molecule has 1 aromatic heterocycles. The summed E-state index contributed by atoms with van der Waals surface area (Å²) >= 11 is 0. The molecule has 0 unspecified atom stereocenters. The van der Waals surface area contributed by atoms with E-state index in [0.717, 1.165) is 10.9 Å². The first-order chi connectivity index (χ1) is 7.15. The van der Waals surface area contributed by atoms with Gasteiger partial charge in [-0.05, 0) is 23.9 Å². The number of hydrogen-bond donors (Lipinski definition) is 0. The molecule has 2 rings (SSSR count). The molecule has 0 radical (unpaired) electrons. The predicted octanol–water partition coefficient (Wildman–Crippen LogP) is 1.86. The zero-order valence-corrected chi connectivity index (χ0v) is 9.07. The Morgan fingerprint density at radius 2 is 2.07 bits per heavy atom. The molecule has 0 aliphatic carbocycles. The topological polar surface area (TPSA) is 31.2 Å². The predicted molar refractivity (Wildman–Crippen MR) is 60.5 cm³/mol. The Balaban J connectivity index is 3.03. The number of aryl methyl sites for hydroxylation is 2. The highest BCUT2D eigenvalue weighted by Gasteiger charge is 2.08. The monoisotopic (exact) mass is 203 g/mol. The summed E-state index contributed by atoms with van der Waals surface area (Å²) < 4.78 is 6.79. The minimum Gasteiger partial charge on any atom is -0.496 e. The molecule has 0 atom stereocenters. The fourth-order valence-corrected chi connectivity index (χ4v) is 1.85. The van der Waals surface area contributed by atoms with Crippen LogP contribution in [0.2, 0.25) is 0 Å². The first-order valence-electron chi connectivity index (χ1n) is 4.78. The highest BCUT2D eigenvalue weighted by Crippen LogP contribution is 2.23. The maximum atomic E-state index is 11.9. The average Bonchev–Trinajstić information content (AvgIpc) is 2.25. The van der Waals surface area contributed by atoms with Crippen molar-refractivity contribution in [1.82, 2.24) is 4.57 Å². The van der Waals surface area contributed by atoms with Crippen molar-refractivity contribution in [2.24, 2.45) is 7.05 Å². The van der Waals surface area contributed by atoms with Gasteiger partial charge in [-0.2, -0.15) is 0 Å². The summed E-state index contributed by atoms with van der Waals surface area (Å²) in [4.78, 5) is 11.9. The number of ether oxygens (including phenoxy) is 1. The lowest BCUT2D eigenvalue weighted by Gasteiger charge is -2.08. The molecule has 1 heterocycles. The van der Waals surface area contributed by atoms with E-state index in [1.54, 1.807) is 18.7 Å². The van der Waals surface area contributed by atoms with Gasteiger partial charge in [-0.1, -0.05) is 12.1 Å². The Hall–Kier alpha value is -1.77. The first kappa shape index (κ1) is 9.77. The number of aromatic nitrogens is 1. The van der Waals surface area contributed by atoms with Crippen molar-refractivity contribution in [3.63, 3.8) is 0 Å². The van der Waals surface area contributed by atoms with Crippen LogP contribution in [-0.4, -0.2) is 11.7 Å². The number of pyridine rings is 1. The van der Waals surface area contributed by atoms with Gasteiger partial charge in [0.2, 0.25) is 0 Å². The average molecular weight is 203 g/mol. The standard InChI is InChI=1S/C12H13NO2/c1-8-7-13(2)12(14)11-9(8)5-4-6-10(11)15-3/h4-7H,1-3H3. The molecule has 15 heavy (non-hydrogen) atoms. The molecule has 0 N–H and O–H groups in total. The molecule has 3 heteroatoms. The van der Waals surface area contributed by atoms with Gasteiger partial charge >= 0.3 is 0 Å². The third-order valence-corrected chi connectivity index (χ3v) is 2.59. The van der Waals surface area contributed by atoms with Crippen LogP contribution in [0.25, 0.3) is 10.8 Å². The van der Waals surface area contributed by atoms with Crippen LogP contribution in [0, 0.1) is 6.92 Å². The summed E-state index contributed by atoms with van der Waals surface area (Å²) in [5.74, 6) is 0.636. The SMILES string of the molecule is COc1cccc2c(C)cn(C)c(=O)c12. The Morgan fingerprint density at radius 1 is 1.33 bits per heavy atom. The van der Waals surface area contributed by atoms with Crippen LogP contribution in [0.15, 0.2) is 29.2 Å². The number of fused-ring (bicyclic) bond motifs is 1. The van der Waals surface area contributed by atoms with E-state index in [1.165, 1.54) is 0 Å². The van der Waals surface area contributed by atoms with Crippen LogP contribution in [0.3, 0.4) is 0 Å². The van der Waals surface area contributed by atoms with Crippen LogP contribution in [-0.2, 0) is 7.05 Å². The Labute approximate surface area is 87.9 Å². The Morgan fingerprint density at radius 3 is 2.73 bits per heavy atom. The molecule has 0 fully saturated rings. The van der Waals surface area contributed by atoms with Crippen molar-refractivity contribution in [1.29, 1.82) is 0 Å². The quantitative estimate of drug-likeness (QED) is 0.708. The number of methoxy groups -OCH3 is 1. The zero-order valence-electron chi connectivity index (χ0n) is 9.07. The van der Waals surface area contributed by atoms with Gasteiger partial charge in [0, 0.05) is 13.2 Å². The molecule has 0 saturated carbocycles. The largest absolute Gasteiger partial charge is 0.496 e. The molecular weight excluding hydrogens is 190 g/mol. The fourth-order valence-electron chi connectivity index (χ4n) is 1.85. The van der Waals surface area contributed by atoms with Gasteiger partial charge in [0.1, 0.15) is 5.75 Å². The summed E-state index contributed by atoms with van der Waals surface area (Å²) in [6.07, 6.45) is 1.84. The molecule has 0 spiro atoms. The van der Waals surface area contributed by atoms with Crippen LogP contribution in [0.5, 0.6) is 5.75 Å². The summed E-state index contributed by atoms with van der Waals surface area (Å²) in [5, 5.41) is 1.61. The van der Waals surface area contributed by atoms with Gasteiger partial charge in [-0.25, -0.2) is 0 Å². The summed E-state index contributed by atoms with van der Waals surface area (Å²) in [7, 11) is 3.33. The smallest absolute Gasteiger partial charge is 0.261 e. The van der Waals surface area contributed by atoms with Gasteiger partial charge < -0.3 is 9.30 Å². The highest BCUT2D eigenvalue weighted by atomic mass is 16.5. The normalized spacial score (nSPS) is 10.6. The third kappa shape index (κ3) is 1.40. The van der Waals surface area contributed by atoms with Gasteiger partial charge in [0.15, 0.2) is 0 Å². The second-order valence-electron chi connectivity index (χ2n) is 3.61. The second kappa shape index (κ2) is 3.42. The number of benzene rings is 1. The van der Waals surface area contributed by atoms with E-state index in [2.05, 4.69) is 0 Å². The van der Waals surface area contributed by atoms with E-state index in [1.807, 2.05) is 31.3 Å². The maximum absolute atomic E-state index is 11.9. The van der Waals surface area contributed by atoms with Crippen molar-refractivity contribution in [2.45, 2.75) is 6.92 Å². The van der Waals surface area contributed by atoms with E-state index in [-0.39, 0.29) is 5.56 Å². The van der Waals surface area contributed by atoms with E-state index in [9.17, 15) is 4.79 Å². The van der Waals surface area contributed by atoms with Crippen molar-refractivity contribution in [3.8, 4) is 5.75 Å². The Bertz CT molecular complexity index is 570. The van der Waals surface area contributed by atoms with Gasteiger partial charge in [0.05, 0.1) is 12.5 Å². The van der Waals surface area contributed by atoms with Gasteiger partial charge in [-0.3, -0.25) is 4.79 Å². The molecule has 2 aromatic rings.